The van der Waals surface area contributed by atoms with Crippen LogP contribution in [-0.2, 0) is 28.6 Å². The molecule has 3 rings (SSSR count). The van der Waals surface area contributed by atoms with Gasteiger partial charge in [0.1, 0.15) is 12.2 Å². The lowest BCUT2D eigenvalue weighted by molar-refractivity contribution is -0.149. The molecule has 0 spiro atoms. The fraction of sp³-hybridized carbons (Fsp3) is 0.710. The molecular weight excluding hydrogens is 554 g/mol. The Hall–Kier alpha value is -3.09. The third-order valence-corrected chi connectivity index (χ3v) is 6.61. The molecule has 1 amide bonds. The number of nitrogens with one attached hydrogen (secondary N) is 1. The van der Waals surface area contributed by atoms with Crippen LogP contribution in [0.25, 0.3) is 0 Å². The zero-order chi connectivity index (χ0) is 32.4. The predicted octanol–water partition coefficient (Wildman–Crippen LogP) is 4.52. The van der Waals surface area contributed by atoms with Crippen LogP contribution in [0.3, 0.4) is 0 Å². The lowest BCUT2D eigenvalue weighted by atomic mass is 9.87. The van der Waals surface area contributed by atoms with E-state index in [0.717, 1.165) is 43.6 Å². The first kappa shape index (κ1) is 37.9. The van der Waals surface area contributed by atoms with E-state index in [9.17, 15) is 14.4 Å². The smallest absolute Gasteiger partial charge is 0.317 e. The number of aliphatic imine (C=N–C) groups is 2. The van der Waals surface area contributed by atoms with Gasteiger partial charge in [0.15, 0.2) is 5.84 Å². The molecule has 1 aromatic rings. The molecule has 2 aliphatic rings. The van der Waals surface area contributed by atoms with Gasteiger partial charge < -0.3 is 35.8 Å². The number of carbonyl (C=O) groups is 3. The van der Waals surface area contributed by atoms with Gasteiger partial charge in [-0.05, 0) is 70.4 Å². The van der Waals surface area contributed by atoms with Gasteiger partial charge in [0.2, 0.25) is 0 Å². The summed E-state index contributed by atoms with van der Waals surface area (Å²) >= 11 is 0. The van der Waals surface area contributed by atoms with Crippen molar-refractivity contribution in [1.82, 2.24) is 4.98 Å². The van der Waals surface area contributed by atoms with E-state index >= 15 is 0 Å². The van der Waals surface area contributed by atoms with Crippen molar-refractivity contribution in [3.63, 3.8) is 0 Å². The molecule has 1 aromatic heterocycles. The molecule has 12 heteroatoms. The fourth-order valence-corrected chi connectivity index (χ4v) is 4.54. The number of nitrogens with zero attached hydrogens (tertiary/aromatic N) is 2. The van der Waals surface area contributed by atoms with Gasteiger partial charge in [0.05, 0.1) is 30.8 Å². The van der Waals surface area contributed by atoms with Crippen LogP contribution in [0.1, 0.15) is 110 Å². The molecule has 1 aliphatic heterocycles. The molecule has 2 fully saturated rings. The summed E-state index contributed by atoms with van der Waals surface area (Å²) in [6.45, 7) is 12.1. The Bertz CT molecular complexity index is 1040. The van der Waals surface area contributed by atoms with Crippen molar-refractivity contribution in [3.05, 3.63) is 23.5 Å². The number of carboxylic acid groups (broad SMARTS) is 1. The number of ether oxygens (including phenoxy) is 3. The number of esters is 1. The summed E-state index contributed by atoms with van der Waals surface area (Å²) in [5, 5.41) is 7.60. The van der Waals surface area contributed by atoms with E-state index < -0.39 is 17.5 Å². The topological polar surface area (TPSA) is 192 Å². The van der Waals surface area contributed by atoms with E-state index in [-0.39, 0.29) is 37.2 Å². The Morgan fingerprint density at radius 1 is 1.14 bits per heavy atom. The second-order valence-corrected chi connectivity index (χ2v) is 11.8. The summed E-state index contributed by atoms with van der Waals surface area (Å²) in [4.78, 5) is 45.4. The molecule has 2 atom stereocenters. The lowest BCUT2D eigenvalue weighted by Gasteiger charge is -2.21. The Morgan fingerprint density at radius 2 is 1.77 bits per heavy atom. The number of nitrogens with two attached hydrogens (primary N) is 2. The van der Waals surface area contributed by atoms with Crippen LogP contribution >= 0.6 is 0 Å². The quantitative estimate of drug-likeness (QED) is 0.168. The number of hydrogen-bond donors (Lipinski definition) is 4. The van der Waals surface area contributed by atoms with Gasteiger partial charge >= 0.3 is 11.9 Å². The third-order valence-electron chi connectivity index (χ3n) is 6.61. The number of aliphatic carboxylic acids is 1. The third kappa shape index (κ3) is 15.3. The van der Waals surface area contributed by atoms with Gasteiger partial charge in [-0.1, -0.05) is 40.0 Å². The van der Waals surface area contributed by atoms with Crippen molar-refractivity contribution in [2.45, 2.75) is 111 Å². The number of rotatable bonds is 10. The van der Waals surface area contributed by atoms with E-state index in [1.54, 1.807) is 19.9 Å². The SMILES string of the molecule is CC(C)C.CCOC(C)(C)C(=O)N=C(N=CN)c1ccc(C2CCC(COC(=O)CC3CCCCC3)O2)[nH]1.NCC(=O)O. The second-order valence-electron chi connectivity index (χ2n) is 11.8. The first-order valence-corrected chi connectivity index (χ1v) is 15.3. The molecule has 12 nitrogen and oxygen atoms in total. The van der Waals surface area contributed by atoms with E-state index in [1.165, 1.54) is 19.3 Å². The van der Waals surface area contributed by atoms with Gasteiger partial charge in [-0.15, -0.1) is 0 Å². The molecule has 2 unspecified atom stereocenters. The summed E-state index contributed by atoms with van der Waals surface area (Å²) in [7, 11) is 0. The zero-order valence-corrected chi connectivity index (χ0v) is 26.8. The summed E-state index contributed by atoms with van der Waals surface area (Å²) in [6.07, 6.45) is 8.88. The molecule has 1 saturated heterocycles. The number of H-pyrrole nitrogens is 1. The maximum Gasteiger partial charge on any atom is 0.317 e. The van der Waals surface area contributed by atoms with Crippen LogP contribution in [0.15, 0.2) is 22.1 Å². The number of aromatic amines is 1. The highest BCUT2D eigenvalue weighted by molar-refractivity contribution is 6.08. The van der Waals surface area contributed by atoms with E-state index in [4.69, 9.17) is 25.1 Å². The Balaban J connectivity index is 0.000000899. The first-order valence-electron chi connectivity index (χ1n) is 15.3. The monoisotopic (exact) mass is 607 g/mol. The van der Waals surface area contributed by atoms with Crippen molar-refractivity contribution >= 4 is 30.0 Å². The average Bonchev–Trinajstić information content (AvgIpc) is 3.62. The maximum absolute atomic E-state index is 12.6. The van der Waals surface area contributed by atoms with Gasteiger partial charge in [-0.2, -0.15) is 4.99 Å². The molecule has 1 aliphatic carbocycles. The van der Waals surface area contributed by atoms with Gasteiger partial charge in [0.25, 0.3) is 5.91 Å². The average molecular weight is 608 g/mol. The Labute approximate surface area is 256 Å². The first-order chi connectivity index (χ1) is 20.3. The number of aromatic nitrogens is 1. The molecule has 1 saturated carbocycles. The number of amidine groups is 1. The van der Waals surface area contributed by atoms with Crippen molar-refractivity contribution < 1.29 is 33.7 Å². The van der Waals surface area contributed by atoms with Crippen molar-refractivity contribution in [2.75, 3.05) is 19.8 Å². The highest BCUT2D eigenvalue weighted by atomic mass is 16.6. The Kier molecular flexibility index (Phi) is 17.6. The molecule has 0 aromatic carbocycles. The van der Waals surface area contributed by atoms with E-state index in [2.05, 4.69) is 41.5 Å². The van der Waals surface area contributed by atoms with Crippen molar-refractivity contribution in [1.29, 1.82) is 0 Å². The summed E-state index contributed by atoms with van der Waals surface area (Å²) < 4.78 is 17.1. The number of carboxylic acids is 1. The minimum absolute atomic E-state index is 0.124. The van der Waals surface area contributed by atoms with E-state index in [1.807, 2.05) is 13.0 Å². The standard InChI is InChI=1S/C25H38N4O5.C4H10.C2H5NO2/c1-4-33-25(2,3)24(31)29-23(27-16-26)20-12-11-19(28-20)21-13-10-18(34-21)15-32-22(30)14-17-8-6-5-7-9-17;1-4(2)3;3-1-2(4)5/h11-12,16-18,21,28H,4-10,13-15H2,1-3H3,(H2,26,27,29,31);4H,1-3H3;1,3H2,(H,4,5). The second kappa shape index (κ2) is 20.0. The molecule has 2 heterocycles. The van der Waals surface area contributed by atoms with Gasteiger partial charge in [0, 0.05) is 18.7 Å². The Morgan fingerprint density at radius 3 is 2.33 bits per heavy atom. The molecule has 6 N–H and O–H groups in total. The van der Waals surface area contributed by atoms with Gasteiger partial charge in [-0.3, -0.25) is 14.4 Å². The van der Waals surface area contributed by atoms with Crippen LogP contribution in [0.5, 0.6) is 0 Å². The normalized spacial score (nSPS) is 19.4. The predicted molar refractivity (Wildman–Crippen MR) is 167 cm³/mol. The number of amides is 1. The molecule has 0 bridgehead atoms. The fourth-order valence-electron chi connectivity index (χ4n) is 4.54. The zero-order valence-electron chi connectivity index (χ0n) is 26.8. The van der Waals surface area contributed by atoms with Crippen LogP contribution in [0.2, 0.25) is 0 Å². The minimum atomic E-state index is -1.06. The number of carbonyl (C=O) groups excluding carboxylic acids is 2. The number of hydrogen-bond acceptors (Lipinski definition) is 7. The largest absolute Gasteiger partial charge is 0.480 e. The maximum atomic E-state index is 12.6. The molecule has 0 radical (unpaired) electrons. The van der Waals surface area contributed by atoms with Crippen LogP contribution < -0.4 is 11.5 Å². The molecule has 244 valence electrons. The van der Waals surface area contributed by atoms with Crippen LogP contribution in [0, 0.1) is 11.8 Å². The summed E-state index contributed by atoms with van der Waals surface area (Å²) in [6, 6.07) is 3.68. The van der Waals surface area contributed by atoms with Crippen molar-refractivity contribution in [2.24, 2.45) is 33.3 Å². The molecule has 43 heavy (non-hydrogen) atoms. The van der Waals surface area contributed by atoms with Crippen molar-refractivity contribution in [3.8, 4) is 0 Å². The van der Waals surface area contributed by atoms with E-state index in [0.29, 0.717) is 24.6 Å². The van der Waals surface area contributed by atoms with Crippen LogP contribution in [-0.4, -0.2) is 71.6 Å². The summed E-state index contributed by atoms with van der Waals surface area (Å²) in [5.74, 6) is -0.0591. The highest BCUT2D eigenvalue weighted by Crippen LogP contribution is 2.33. The lowest BCUT2D eigenvalue weighted by Crippen LogP contribution is -2.34. The van der Waals surface area contributed by atoms with Crippen LogP contribution in [0.4, 0.5) is 0 Å². The summed E-state index contributed by atoms with van der Waals surface area (Å²) in [5.41, 5.74) is 10.4. The highest BCUT2D eigenvalue weighted by Gasteiger charge is 2.31. The minimum Gasteiger partial charge on any atom is -0.480 e. The molecular formula is C31H53N5O7. The van der Waals surface area contributed by atoms with Gasteiger partial charge in [-0.25, -0.2) is 4.99 Å².